The van der Waals surface area contributed by atoms with Crippen LogP contribution in [0.5, 0.6) is 0 Å². The molecule has 0 aromatic rings. The minimum atomic E-state index is -0.221. The van der Waals surface area contributed by atoms with Crippen molar-refractivity contribution in [2.24, 2.45) is 11.3 Å². The van der Waals surface area contributed by atoms with Gasteiger partial charge in [-0.05, 0) is 26.2 Å². The maximum Gasteiger partial charge on any atom is 0.312 e. The van der Waals surface area contributed by atoms with Gasteiger partial charge in [-0.1, -0.05) is 12.2 Å². The van der Waals surface area contributed by atoms with E-state index in [0.29, 0.717) is 5.92 Å². The molecular weight excluding hydrogens is 140 g/mol. The standard InChI is InChI=1S/C9H14O2/c1-4-5-7-6-9(7,2)8(10)11-3/h4-5,7H,6H2,1-3H3/b5-4+. The zero-order valence-corrected chi connectivity index (χ0v) is 7.26. The maximum atomic E-state index is 11.1. The van der Waals surface area contributed by atoms with E-state index >= 15 is 0 Å². The lowest BCUT2D eigenvalue weighted by Crippen LogP contribution is -2.15. The van der Waals surface area contributed by atoms with Crippen LogP contribution in [0.4, 0.5) is 0 Å². The number of hydrogen-bond acceptors (Lipinski definition) is 2. The average Bonchev–Trinajstić information content (AvgIpc) is 2.63. The van der Waals surface area contributed by atoms with Gasteiger partial charge in [0.25, 0.3) is 0 Å². The van der Waals surface area contributed by atoms with E-state index in [1.807, 2.05) is 19.9 Å². The van der Waals surface area contributed by atoms with Crippen molar-refractivity contribution in [3.63, 3.8) is 0 Å². The molecule has 2 unspecified atom stereocenters. The Balaban J connectivity index is 2.55. The Labute approximate surface area is 67.2 Å². The van der Waals surface area contributed by atoms with Gasteiger partial charge in [-0.2, -0.15) is 0 Å². The SMILES string of the molecule is C/C=C/C1CC1(C)C(=O)OC. The molecule has 62 valence electrons. The fraction of sp³-hybridized carbons (Fsp3) is 0.667. The predicted octanol–water partition coefficient (Wildman–Crippen LogP) is 1.76. The van der Waals surface area contributed by atoms with E-state index in [4.69, 9.17) is 0 Å². The Morgan fingerprint density at radius 3 is 2.82 bits per heavy atom. The predicted molar refractivity (Wildman–Crippen MR) is 43.0 cm³/mol. The van der Waals surface area contributed by atoms with E-state index in [9.17, 15) is 4.79 Å². The lowest BCUT2D eigenvalue weighted by Gasteiger charge is -2.05. The molecule has 0 aromatic heterocycles. The molecule has 0 aromatic carbocycles. The van der Waals surface area contributed by atoms with Crippen LogP contribution in [0, 0.1) is 11.3 Å². The third-order valence-electron chi connectivity index (χ3n) is 2.38. The Kier molecular flexibility index (Phi) is 2.03. The van der Waals surface area contributed by atoms with Crippen LogP contribution in [-0.4, -0.2) is 13.1 Å². The van der Waals surface area contributed by atoms with Crippen molar-refractivity contribution in [1.82, 2.24) is 0 Å². The zero-order chi connectivity index (χ0) is 8.48. The van der Waals surface area contributed by atoms with Gasteiger partial charge in [-0.3, -0.25) is 4.79 Å². The molecule has 1 rings (SSSR count). The zero-order valence-electron chi connectivity index (χ0n) is 7.26. The fourth-order valence-electron chi connectivity index (χ4n) is 1.38. The highest BCUT2D eigenvalue weighted by Crippen LogP contribution is 2.53. The summed E-state index contributed by atoms with van der Waals surface area (Å²) in [6.07, 6.45) is 4.99. The summed E-state index contributed by atoms with van der Waals surface area (Å²) in [4.78, 5) is 11.1. The first-order valence-corrected chi connectivity index (χ1v) is 3.86. The molecule has 1 saturated carbocycles. The van der Waals surface area contributed by atoms with E-state index in [1.165, 1.54) is 7.11 Å². The molecule has 11 heavy (non-hydrogen) atoms. The molecule has 1 fully saturated rings. The van der Waals surface area contributed by atoms with Crippen LogP contribution in [0.1, 0.15) is 20.3 Å². The van der Waals surface area contributed by atoms with Crippen molar-refractivity contribution in [3.8, 4) is 0 Å². The Morgan fingerprint density at radius 2 is 2.36 bits per heavy atom. The first-order valence-electron chi connectivity index (χ1n) is 3.86. The molecule has 0 saturated heterocycles. The lowest BCUT2D eigenvalue weighted by molar-refractivity contribution is -0.146. The van der Waals surface area contributed by atoms with Crippen LogP contribution in [0.2, 0.25) is 0 Å². The average molecular weight is 154 g/mol. The van der Waals surface area contributed by atoms with Gasteiger partial charge in [-0.15, -0.1) is 0 Å². The summed E-state index contributed by atoms with van der Waals surface area (Å²) in [6.45, 7) is 3.92. The maximum absolute atomic E-state index is 11.1. The second-order valence-corrected chi connectivity index (χ2v) is 3.25. The third kappa shape index (κ3) is 1.30. The first-order chi connectivity index (χ1) is 5.15. The smallest absolute Gasteiger partial charge is 0.312 e. The van der Waals surface area contributed by atoms with Crippen LogP contribution in [0.15, 0.2) is 12.2 Å². The molecule has 2 atom stereocenters. The minimum absolute atomic E-state index is 0.0828. The summed E-state index contributed by atoms with van der Waals surface area (Å²) < 4.78 is 4.68. The van der Waals surface area contributed by atoms with Gasteiger partial charge < -0.3 is 4.74 Å². The summed E-state index contributed by atoms with van der Waals surface area (Å²) in [5, 5.41) is 0. The number of methoxy groups -OCH3 is 1. The largest absolute Gasteiger partial charge is 0.469 e. The molecule has 0 amide bonds. The lowest BCUT2D eigenvalue weighted by atomic mass is 10.1. The molecule has 1 aliphatic rings. The first kappa shape index (κ1) is 8.31. The Bertz CT molecular complexity index is 196. The Hall–Kier alpha value is -0.790. The number of esters is 1. The van der Waals surface area contributed by atoms with Crippen molar-refractivity contribution < 1.29 is 9.53 Å². The van der Waals surface area contributed by atoms with Gasteiger partial charge >= 0.3 is 5.97 Å². The Morgan fingerprint density at radius 1 is 1.73 bits per heavy atom. The van der Waals surface area contributed by atoms with Crippen LogP contribution in [-0.2, 0) is 9.53 Å². The van der Waals surface area contributed by atoms with Crippen molar-refractivity contribution in [1.29, 1.82) is 0 Å². The van der Waals surface area contributed by atoms with Crippen LogP contribution >= 0.6 is 0 Å². The van der Waals surface area contributed by atoms with Gasteiger partial charge in [0, 0.05) is 0 Å². The molecule has 1 aliphatic carbocycles. The summed E-state index contributed by atoms with van der Waals surface area (Å²) in [5.41, 5.74) is -0.221. The molecule has 0 radical (unpaired) electrons. The van der Waals surface area contributed by atoms with Crippen LogP contribution in [0.3, 0.4) is 0 Å². The molecule has 2 nitrogen and oxygen atoms in total. The van der Waals surface area contributed by atoms with E-state index in [2.05, 4.69) is 10.8 Å². The van der Waals surface area contributed by atoms with Gasteiger partial charge in [0.15, 0.2) is 0 Å². The highest BCUT2D eigenvalue weighted by Gasteiger charge is 2.55. The number of rotatable bonds is 2. The highest BCUT2D eigenvalue weighted by atomic mass is 16.5. The van der Waals surface area contributed by atoms with Gasteiger partial charge in [-0.25, -0.2) is 0 Å². The van der Waals surface area contributed by atoms with E-state index < -0.39 is 0 Å². The highest BCUT2D eigenvalue weighted by molar-refractivity contribution is 5.80. The van der Waals surface area contributed by atoms with Crippen LogP contribution < -0.4 is 0 Å². The summed E-state index contributed by atoms with van der Waals surface area (Å²) in [7, 11) is 1.44. The van der Waals surface area contributed by atoms with E-state index in [0.717, 1.165) is 6.42 Å². The normalized spacial score (nSPS) is 35.7. The van der Waals surface area contributed by atoms with Crippen molar-refractivity contribution in [2.45, 2.75) is 20.3 Å². The number of ether oxygens (including phenoxy) is 1. The van der Waals surface area contributed by atoms with Crippen LogP contribution in [0.25, 0.3) is 0 Å². The summed E-state index contributed by atoms with van der Waals surface area (Å²) in [6, 6.07) is 0. The van der Waals surface area contributed by atoms with Crippen molar-refractivity contribution >= 4 is 5.97 Å². The quantitative estimate of drug-likeness (QED) is 0.447. The van der Waals surface area contributed by atoms with E-state index in [1.54, 1.807) is 0 Å². The number of carbonyl (C=O) groups excluding carboxylic acids is 1. The molecule has 2 heteroatoms. The molecule has 0 bridgehead atoms. The monoisotopic (exact) mass is 154 g/mol. The van der Waals surface area contributed by atoms with Gasteiger partial charge in [0.05, 0.1) is 12.5 Å². The molecule has 0 spiro atoms. The third-order valence-corrected chi connectivity index (χ3v) is 2.38. The van der Waals surface area contributed by atoms with Gasteiger partial charge in [0.2, 0.25) is 0 Å². The molecular formula is C9H14O2. The summed E-state index contributed by atoms with van der Waals surface area (Å²) >= 11 is 0. The number of carbonyl (C=O) groups is 1. The topological polar surface area (TPSA) is 26.3 Å². The van der Waals surface area contributed by atoms with Crippen molar-refractivity contribution in [2.75, 3.05) is 7.11 Å². The molecule has 0 aliphatic heterocycles. The fourth-order valence-corrected chi connectivity index (χ4v) is 1.38. The van der Waals surface area contributed by atoms with Gasteiger partial charge in [0.1, 0.15) is 0 Å². The number of allylic oxidation sites excluding steroid dienone is 2. The minimum Gasteiger partial charge on any atom is -0.469 e. The molecule has 0 N–H and O–H groups in total. The second-order valence-electron chi connectivity index (χ2n) is 3.25. The number of hydrogen-bond donors (Lipinski definition) is 0. The second kappa shape index (κ2) is 2.68. The van der Waals surface area contributed by atoms with Crippen molar-refractivity contribution in [3.05, 3.63) is 12.2 Å². The summed E-state index contributed by atoms with van der Waals surface area (Å²) in [5.74, 6) is 0.320. The van der Waals surface area contributed by atoms with E-state index in [-0.39, 0.29) is 11.4 Å². The molecule has 0 heterocycles.